The molecular weight excluding hydrogens is 212 g/mol. The quantitative estimate of drug-likeness (QED) is 0.530. The second-order valence-corrected chi connectivity index (χ2v) is 2.90. The monoisotopic (exact) mass is 213 g/mol. The lowest BCUT2D eigenvalue weighted by molar-refractivity contribution is 0.185. The van der Waals surface area contributed by atoms with Gasteiger partial charge in [0.05, 0.1) is 6.20 Å². The zero-order chi connectivity index (χ0) is 8.59. The Kier molecular flexibility index (Phi) is 2.32. The summed E-state index contributed by atoms with van der Waals surface area (Å²) in [4.78, 5) is 10.9. The second kappa shape index (κ2) is 2.93. The maximum atomic E-state index is 10.9. The van der Waals surface area contributed by atoms with E-state index in [1.165, 1.54) is 0 Å². The van der Waals surface area contributed by atoms with E-state index >= 15 is 0 Å². The Bertz CT molecular complexity index is 346. The van der Waals surface area contributed by atoms with Gasteiger partial charge in [0.15, 0.2) is 5.15 Å². The molecule has 0 bridgehead atoms. The largest absolute Gasteiger partial charge is 0.427 e. The Balaban J connectivity index is 3.59. The van der Waals surface area contributed by atoms with Crippen LogP contribution in [0.2, 0.25) is 15.2 Å². The van der Waals surface area contributed by atoms with E-state index in [2.05, 4.69) is 0 Å². The van der Waals surface area contributed by atoms with E-state index in [0.29, 0.717) is 4.73 Å². The fourth-order valence-corrected chi connectivity index (χ4v) is 1.08. The lowest BCUT2D eigenvalue weighted by Gasteiger charge is -2.01. The van der Waals surface area contributed by atoms with Crippen LogP contribution in [0.1, 0.15) is 0 Å². The van der Waals surface area contributed by atoms with Crippen molar-refractivity contribution in [3.63, 3.8) is 0 Å². The Morgan fingerprint density at radius 3 is 2.45 bits per heavy atom. The fourth-order valence-electron chi connectivity index (χ4n) is 0.522. The highest BCUT2D eigenvalue weighted by atomic mass is 35.5. The van der Waals surface area contributed by atoms with Crippen LogP contribution in [0.15, 0.2) is 11.0 Å². The first-order valence-corrected chi connectivity index (χ1v) is 3.63. The van der Waals surface area contributed by atoms with E-state index in [0.717, 1.165) is 6.20 Å². The van der Waals surface area contributed by atoms with Crippen molar-refractivity contribution in [2.24, 2.45) is 0 Å². The van der Waals surface area contributed by atoms with Gasteiger partial charge in [-0.1, -0.05) is 34.8 Å². The highest BCUT2D eigenvalue weighted by Gasteiger charge is 2.09. The third-order valence-electron chi connectivity index (χ3n) is 1.03. The van der Waals surface area contributed by atoms with Crippen molar-refractivity contribution in [2.45, 2.75) is 0 Å². The first-order chi connectivity index (χ1) is 5.04. The number of pyridine rings is 1. The van der Waals surface area contributed by atoms with Crippen molar-refractivity contribution in [2.75, 3.05) is 0 Å². The molecule has 1 N–H and O–H groups in total. The number of rotatable bonds is 0. The number of hydrogen-bond acceptors (Lipinski definition) is 2. The molecule has 0 aliphatic heterocycles. The van der Waals surface area contributed by atoms with Crippen LogP contribution in [0, 0.1) is 0 Å². The molecule has 0 fully saturated rings. The summed E-state index contributed by atoms with van der Waals surface area (Å²) in [6.07, 6.45) is 0.970. The second-order valence-electron chi connectivity index (χ2n) is 1.76. The Hall–Kier alpha value is -0.380. The SMILES string of the molecule is O=c1c(Cl)cn(O)c(Cl)c1Cl. The standard InChI is InChI=1S/C5H2Cl3NO2/c6-2-1-9(11)5(8)3(7)4(2)10/h1,11H. The van der Waals surface area contributed by atoms with Crippen molar-refractivity contribution >= 4 is 34.8 Å². The Morgan fingerprint density at radius 2 is 1.91 bits per heavy atom. The normalized spacial score (nSPS) is 10.1. The average molecular weight is 214 g/mol. The third-order valence-corrected chi connectivity index (χ3v) is 2.11. The maximum Gasteiger partial charge on any atom is 0.220 e. The summed E-state index contributed by atoms with van der Waals surface area (Å²) in [7, 11) is 0. The minimum atomic E-state index is -0.594. The Morgan fingerprint density at radius 1 is 1.36 bits per heavy atom. The van der Waals surface area contributed by atoms with E-state index < -0.39 is 5.43 Å². The summed E-state index contributed by atoms with van der Waals surface area (Å²) in [6, 6.07) is 0. The van der Waals surface area contributed by atoms with Crippen molar-refractivity contribution in [1.29, 1.82) is 0 Å². The molecule has 11 heavy (non-hydrogen) atoms. The molecule has 6 heteroatoms. The van der Waals surface area contributed by atoms with Gasteiger partial charge in [-0.05, 0) is 0 Å². The summed E-state index contributed by atoms with van der Waals surface area (Å²) in [6.45, 7) is 0. The van der Waals surface area contributed by atoms with E-state index in [4.69, 9.17) is 40.0 Å². The molecule has 1 aromatic heterocycles. The van der Waals surface area contributed by atoms with Crippen molar-refractivity contribution in [3.05, 3.63) is 31.6 Å². The molecule has 0 spiro atoms. The first kappa shape index (κ1) is 8.71. The topological polar surface area (TPSA) is 42.2 Å². The summed E-state index contributed by atoms with van der Waals surface area (Å²) in [5, 5.41) is 8.16. The maximum absolute atomic E-state index is 10.9. The molecule has 60 valence electrons. The van der Waals surface area contributed by atoms with Gasteiger partial charge >= 0.3 is 0 Å². The molecule has 0 amide bonds. The molecule has 0 radical (unpaired) electrons. The average Bonchev–Trinajstić information content (AvgIpc) is 1.97. The van der Waals surface area contributed by atoms with Gasteiger partial charge in [-0.3, -0.25) is 4.79 Å². The molecule has 1 rings (SSSR count). The van der Waals surface area contributed by atoms with E-state index in [9.17, 15) is 4.79 Å². The van der Waals surface area contributed by atoms with Crippen LogP contribution in [0.5, 0.6) is 0 Å². The molecule has 0 saturated heterocycles. The Labute approximate surface area is 76.7 Å². The van der Waals surface area contributed by atoms with E-state index in [1.807, 2.05) is 0 Å². The number of aromatic nitrogens is 1. The predicted molar refractivity (Wildman–Crippen MR) is 42.9 cm³/mol. The van der Waals surface area contributed by atoms with Gasteiger partial charge in [0.2, 0.25) is 5.43 Å². The zero-order valence-electron chi connectivity index (χ0n) is 5.01. The molecule has 3 nitrogen and oxygen atoms in total. The molecular formula is C5H2Cl3NO2. The van der Waals surface area contributed by atoms with Gasteiger partial charge in [0.25, 0.3) is 0 Å². The van der Waals surface area contributed by atoms with Crippen molar-refractivity contribution < 1.29 is 5.21 Å². The van der Waals surface area contributed by atoms with Gasteiger partial charge in [-0.15, -0.1) is 0 Å². The van der Waals surface area contributed by atoms with Crippen LogP contribution in [0.25, 0.3) is 0 Å². The van der Waals surface area contributed by atoms with Gasteiger partial charge in [0.1, 0.15) is 10.0 Å². The minimum Gasteiger partial charge on any atom is -0.427 e. The lowest BCUT2D eigenvalue weighted by Crippen LogP contribution is -2.08. The number of hydrogen-bond donors (Lipinski definition) is 1. The zero-order valence-corrected chi connectivity index (χ0v) is 7.28. The lowest BCUT2D eigenvalue weighted by atomic mass is 10.5. The molecule has 0 aliphatic rings. The van der Waals surface area contributed by atoms with E-state index in [1.54, 1.807) is 0 Å². The fraction of sp³-hybridized carbons (Fsp3) is 0. The van der Waals surface area contributed by atoms with E-state index in [-0.39, 0.29) is 15.2 Å². The van der Waals surface area contributed by atoms with Crippen molar-refractivity contribution in [3.8, 4) is 0 Å². The van der Waals surface area contributed by atoms with Gasteiger partial charge in [-0.2, -0.15) is 4.73 Å². The molecule has 1 heterocycles. The molecule has 0 atom stereocenters. The molecule has 0 aliphatic carbocycles. The van der Waals surface area contributed by atoms with Gasteiger partial charge in [-0.25, -0.2) is 0 Å². The molecule has 0 unspecified atom stereocenters. The number of nitrogens with zero attached hydrogens (tertiary/aromatic N) is 1. The van der Waals surface area contributed by atoms with Crippen LogP contribution in [0.3, 0.4) is 0 Å². The third kappa shape index (κ3) is 1.45. The summed E-state index contributed by atoms with van der Waals surface area (Å²) in [5.74, 6) is 0. The van der Waals surface area contributed by atoms with Crippen LogP contribution in [0.4, 0.5) is 0 Å². The van der Waals surface area contributed by atoms with Crippen LogP contribution < -0.4 is 5.43 Å². The van der Waals surface area contributed by atoms with Gasteiger partial charge < -0.3 is 5.21 Å². The molecule has 0 aromatic carbocycles. The molecule has 0 saturated carbocycles. The number of halogens is 3. The minimum absolute atomic E-state index is 0.179. The molecule has 1 aromatic rings. The van der Waals surface area contributed by atoms with Crippen LogP contribution >= 0.6 is 34.8 Å². The summed E-state index contributed by atoms with van der Waals surface area (Å²) in [5.41, 5.74) is -0.594. The van der Waals surface area contributed by atoms with Gasteiger partial charge in [0, 0.05) is 0 Å². The van der Waals surface area contributed by atoms with Crippen molar-refractivity contribution in [1.82, 2.24) is 4.73 Å². The summed E-state index contributed by atoms with van der Waals surface area (Å²) < 4.78 is 0.480. The highest BCUT2D eigenvalue weighted by molar-refractivity contribution is 6.42. The summed E-state index contributed by atoms with van der Waals surface area (Å²) >= 11 is 16.1. The van der Waals surface area contributed by atoms with Crippen LogP contribution in [-0.2, 0) is 0 Å². The predicted octanol–water partition coefficient (Wildman–Crippen LogP) is 2.05. The van der Waals surface area contributed by atoms with Crippen LogP contribution in [-0.4, -0.2) is 9.94 Å². The smallest absolute Gasteiger partial charge is 0.220 e. The highest BCUT2D eigenvalue weighted by Crippen LogP contribution is 2.18. The first-order valence-electron chi connectivity index (χ1n) is 2.49.